The molecule has 0 heterocycles. The van der Waals surface area contributed by atoms with Gasteiger partial charge in [-0.1, -0.05) is 116 Å². The quantitative estimate of drug-likeness (QED) is 0.160. The van der Waals surface area contributed by atoms with Crippen LogP contribution in [0.15, 0.2) is 0 Å². The van der Waals surface area contributed by atoms with Crippen molar-refractivity contribution in [3.05, 3.63) is 0 Å². The van der Waals surface area contributed by atoms with E-state index >= 15 is 0 Å². The minimum Gasteiger partial charge on any atom is -0.481 e. The van der Waals surface area contributed by atoms with Crippen LogP contribution in [-0.2, 0) is 4.79 Å². The molecule has 0 spiro atoms. The Balaban J connectivity index is 2.99. The van der Waals surface area contributed by atoms with Crippen LogP contribution in [0.3, 0.4) is 0 Å². The van der Waals surface area contributed by atoms with Crippen molar-refractivity contribution in [2.24, 2.45) is 0 Å². The fourth-order valence-corrected chi connectivity index (χ4v) is 4.71. The van der Waals surface area contributed by atoms with E-state index in [-0.39, 0.29) is 0 Å². The van der Waals surface area contributed by atoms with Gasteiger partial charge in [0, 0.05) is 6.42 Å². The Morgan fingerprint density at radius 2 is 0.857 bits per heavy atom. The van der Waals surface area contributed by atoms with E-state index in [9.17, 15) is 4.79 Å². The van der Waals surface area contributed by atoms with Crippen molar-refractivity contribution < 1.29 is 9.90 Å². The molecule has 0 amide bonds. The zero-order valence-electron chi connectivity index (χ0n) is 19.0. The Kier molecular flexibility index (Phi) is 24.7. The highest BCUT2D eigenvalue weighted by Crippen LogP contribution is 2.15. The molecule has 0 aliphatic carbocycles. The van der Waals surface area contributed by atoms with Crippen LogP contribution in [0.1, 0.15) is 142 Å². The van der Waals surface area contributed by atoms with E-state index < -0.39 is 5.97 Å². The molecule has 0 fully saturated rings. The molecule has 168 valence electrons. The molecule has 0 saturated carbocycles. The summed E-state index contributed by atoms with van der Waals surface area (Å²) < 4.78 is 0. The van der Waals surface area contributed by atoms with Crippen LogP contribution < -0.4 is 0 Å². The van der Waals surface area contributed by atoms with Gasteiger partial charge in [-0.05, 0) is 30.8 Å². The normalized spacial score (nSPS) is 11.2. The van der Waals surface area contributed by atoms with Gasteiger partial charge >= 0.3 is 5.97 Å². The van der Waals surface area contributed by atoms with Gasteiger partial charge in [0.1, 0.15) is 0 Å². The Bertz CT molecular complexity index is 307. The van der Waals surface area contributed by atoms with Gasteiger partial charge in [0.25, 0.3) is 0 Å². The summed E-state index contributed by atoms with van der Waals surface area (Å²) in [5.74, 6) is 2.05. The molecule has 1 N–H and O–H groups in total. The van der Waals surface area contributed by atoms with Crippen molar-refractivity contribution in [1.82, 2.24) is 0 Å². The van der Waals surface area contributed by atoms with Crippen LogP contribution in [-0.4, -0.2) is 22.6 Å². The van der Waals surface area contributed by atoms with Crippen molar-refractivity contribution in [1.29, 1.82) is 0 Å². The SMILES string of the molecule is CCCCCCCCCCCCCCSCCCCCCCCCCC(=O)O. The average molecular weight is 415 g/mol. The van der Waals surface area contributed by atoms with E-state index in [1.165, 1.54) is 127 Å². The highest BCUT2D eigenvalue weighted by molar-refractivity contribution is 7.99. The highest BCUT2D eigenvalue weighted by atomic mass is 32.2. The predicted molar refractivity (Wildman–Crippen MR) is 128 cm³/mol. The Morgan fingerprint density at radius 1 is 0.536 bits per heavy atom. The summed E-state index contributed by atoms with van der Waals surface area (Å²) in [7, 11) is 0. The van der Waals surface area contributed by atoms with E-state index in [4.69, 9.17) is 5.11 Å². The van der Waals surface area contributed by atoms with Gasteiger partial charge in [-0.15, -0.1) is 0 Å². The molecule has 0 saturated heterocycles. The number of carbonyl (C=O) groups is 1. The first kappa shape index (κ1) is 27.8. The molecule has 0 bridgehead atoms. The summed E-state index contributed by atoms with van der Waals surface area (Å²) in [5, 5.41) is 8.58. The first-order chi connectivity index (χ1) is 13.8. The Labute approximate surface area is 181 Å². The highest BCUT2D eigenvalue weighted by Gasteiger charge is 1.97. The van der Waals surface area contributed by atoms with Gasteiger partial charge < -0.3 is 5.11 Å². The van der Waals surface area contributed by atoms with Crippen LogP contribution in [0.4, 0.5) is 0 Å². The number of unbranched alkanes of at least 4 members (excludes halogenated alkanes) is 18. The van der Waals surface area contributed by atoms with Gasteiger partial charge in [-0.3, -0.25) is 4.79 Å². The monoisotopic (exact) mass is 414 g/mol. The molecule has 0 aromatic carbocycles. The summed E-state index contributed by atoms with van der Waals surface area (Å²) >= 11 is 2.16. The second kappa shape index (κ2) is 24.9. The smallest absolute Gasteiger partial charge is 0.303 e. The zero-order chi connectivity index (χ0) is 20.5. The molecule has 0 radical (unpaired) electrons. The van der Waals surface area contributed by atoms with E-state index in [0.29, 0.717) is 6.42 Å². The molecule has 0 aromatic rings. The third-order valence-electron chi connectivity index (χ3n) is 5.57. The fourth-order valence-electron chi connectivity index (χ4n) is 3.69. The molecular weight excluding hydrogens is 364 g/mol. The van der Waals surface area contributed by atoms with E-state index in [1.54, 1.807) is 0 Å². The Morgan fingerprint density at radius 3 is 1.21 bits per heavy atom. The molecule has 2 nitrogen and oxygen atoms in total. The van der Waals surface area contributed by atoms with Gasteiger partial charge in [-0.2, -0.15) is 11.8 Å². The van der Waals surface area contributed by atoms with Crippen molar-refractivity contribution in [3.63, 3.8) is 0 Å². The maximum atomic E-state index is 10.4. The Hall–Kier alpha value is -0.180. The number of carboxylic acids is 1. The third kappa shape index (κ3) is 25.8. The van der Waals surface area contributed by atoms with Gasteiger partial charge in [0.05, 0.1) is 0 Å². The molecule has 28 heavy (non-hydrogen) atoms. The minimum absolute atomic E-state index is 0.344. The summed E-state index contributed by atoms with van der Waals surface area (Å²) in [5.41, 5.74) is 0. The lowest BCUT2D eigenvalue weighted by Crippen LogP contribution is -1.93. The van der Waals surface area contributed by atoms with Gasteiger partial charge in [0.2, 0.25) is 0 Å². The number of carboxylic acid groups (broad SMARTS) is 1. The summed E-state index contributed by atoms with van der Waals surface area (Å²) in [6.45, 7) is 2.29. The summed E-state index contributed by atoms with van der Waals surface area (Å²) in [4.78, 5) is 10.4. The number of thioether (sulfide) groups is 1. The average Bonchev–Trinajstić information content (AvgIpc) is 2.68. The topological polar surface area (TPSA) is 37.3 Å². The van der Waals surface area contributed by atoms with Crippen molar-refractivity contribution in [2.75, 3.05) is 11.5 Å². The lowest BCUT2D eigenvalue weighted by atomic mass is 10.1. The van der Waals surface area contributed by atoms with E-state index in [2.05, 4.69) is 18.7 Å². The van der Waals surface area contributed by atoms with Crippen LogP contribution in [0.5, 0.6) is 0 Å². The zero-order valence-corrected chi connectivity index (χ0v) is 19.8. The van der Waals surface area contributed by atoms with E-state index in [1.807, 2.05) is 0 Å². The second-order valence-electron chi connectivity index (χ2n) is 8.47. The second-order valence-corrected chi connectivity index (χ2v) is 9.70. The van der Waals surface area contributed by atoms with E-state index in [0.717, 1.165) is 12.8 Å². The molecule has 0 atom stereocenters. The first-order valence-corrected chi connectivity index (χ1v) is 13.7. The molecule has 0 aliphatic rings. The molecule has 0 aromatic heterocycles. The summed E-state index contributed by atoms with van der Waals surface area (Å²) in [6.07, 6.45) is 27.5. The largest absolute Gasteiger partial charge is 0.481 e. The molecule has 3 heteroatoms. The maximum absolute atomic E-state index is 10.4. The molecule has 0 unspecified atom stereocenters. The summed E-state index contributed by atoms with van der Waals surface area (Å²) in [6, 6.07) is 0. The fraction of sp³-hybridized carbons (Fsp3) is 0.960. The minimum atomic E-state index is -0.652. The predicted octanol–water partition coefficient (Wildman–Crippen LogP) is 9.02. The van der Waals surface area contributed by atoms with Crippen LogP contribution >= 0.6 is 11.8 Å². The standard InChI is InChI=1S/C25H50O2S/c1-2-3-4-5-6-7-8-9-11-14-17-20-23-28-24-21-18-15-12-10-13-16-19-22-25(26)27/h2-24H2,1H3,(H,26,27). The van der Waals surface area contributed by atoms with Crippen LogP contribution in [0.25, 0.3) is 0 Å². The first-order valence-electron chi connectivity index (χ1n) is 12.6. The number of hydrogen-bond acceptors (Lipinski definition) is 2. The van der Waals surface area contributed by atoms with Gasteiger partial charge in [0.15, 0.2) is 0 Å². The lowest BCUT2D eigenvalue weighted by Gasteiger charge is -2.04. The lowest BCUT2D eigenvalue weighted by molar-refractivity contribution is -0.137. The van der Waals surface area contributed by atoms with Gasteiger partial charge in [-0.25, -0.2) is 0 Å². The van der Waals surface area contributed by atoms with Crippen molar-refractivity contribution >= 4 is 17.7 Å². The molecule has 0 aliphatic heterocycles. The van der Waals surface area contributed by atoms with Crippen molar-refractivity contribution in [2.45, 2.75) is 142 Å². The maximum Gasteiger partial charge on any atom is 0.303 e. The number of hydrogen-bond donors (Lipinski definition) is 1. The molecular formula is C25H50O2S. The third-order valence-corrected chi connectivity index (χ3v) is 6.73. The van der Waals surface area contributed by atoms with Crippen LogP contribution in [0.2, 0.25) is 0 Å². The number of rotatable bonds is 24. The van der Waals surface area contributed by atoms with Crippen LogP contribution in [0, 0.1) is 0 Å². The molecule has 0 rings (SSSR count). The van der Waals surface area contributed by atoms with Crippen molar-refractivity contribution in [3.8, 4) is 0 Å². The number of aliphatic carboxylic acids is 1.